The molecule has 2 saturated carbocycles. The van der Waals surface area contributed by atoms with E-state index in [2.05, 4.69) is 45.8 Å². The Morgan fingerprint density at radius 1 is 1.12 bits per heavy atom. The van der Waals surface area contributed by atoms with Gasteiger partial charge in [0.05, 0.1) is 11.5 Å². The fraction of sp³-hybridized carbons (Fsp3) is 0.400. The molecule has 2 fully saturated rings. The summed E-state index contributed by atoms with van der Waals surface area (Å²) < 4.78 is 2.09. The van der Waals surface area contributed by atoms with Gasteiger partial charge in [0, 0.05) is 11.8 Å². The van der Waals surface area contributed by atoms with Crippen molar-refractivity contribution in [3.05, 3.63) is 65.1 Å². The maximum Gasteiger partial charge on any atom is 0.166 e. The van der Waals surface area contributed by atoms with Crippen LogP contribution in [0.2, 0.25) is 0 Å². The number of aliphatic hydroxyl groups is 1. The number of fused-ring (bicyclic) bond motifs is 1. The molecular weight excluding hydrogens is 298 g/mol. The van der Waals surface area contributed by atoms with Crippen LogP contribution in [-0.4, -0.2) is 19.7 Å². The monoisotopic (exact) mass is 319 g/mol. The average Bonchev–Trinajstić information content (AvgIpc) is 3.52. The number of hydrogen-bond donors (Lipinski definition) is 1. The zero-order chi connectivity index (χ0) is 16.3. The van der Waals surface area contributed by atoms with Gasteiger partial charge in [-0.1, -0.05) is 35.9 Å². The first-order valence-electron chi connectivity index (χ1n) is 8.78. The topological polar surface area (TPSA) is 50.4 Å². The summed E-state index contributed by atoms with van der Waals surface area (Å²) in [7, 11) is 0. The normalized spacial score (nSPS) is 20.2. The molecule has 0 aliphatic heterocycles. The molecule has 0 bridgehead atoms. The van der Waals surface area contributed by atoms with Gasteiger partial charge in [0.25, 0.3) is 0 Å². The number of pyridine rings is 1. The molecule has 1 aromatic carbocycles. The van der Waals surface area contributed by atoms with E-state index in [9.17, 15) is 5.11 Å². The largest absolute Gasteiger partial charge is 0.388 e. The summed E-state index contributed by atoms with van der Waals surface area (Å²) in [4.78, 5) is 0. The van der Waals surface area contributed by atoms with Crippen molar-refractivity contribution < 1.29 is 5.11 Å². The highest BCUT2D eigenvalue weighted by atomic mass is 16.3. The highest BCUT2D eigenvalue weighted by molar-refractivity contribution is 5.52. The van der Waals surface area contributed by atoms with Crippen LogP contribution in [0.1, 0.15) is 54.3 Å². The van der Waals surface area contributed by atoms with E-state index in [4.69, 9.17) is 0 Å². The van der Waals surface area contributed by atoms with Crippen LogP contribution in [0.5, 0.6) is 0 Å². The number of benzene rings is 1. The molecule has 2 aliphatic carbocycles. The third-order valence-electron chi connectivity index (χ3n) is 5.63. The zero-order valence-corrected chi connectivity index (χ0v) is 13.8. The minimum Gasteiger partial charge on any atom is -0.388 e. The van der Waals surface area contributed by atoms with Crippen molar-refractivity contribution in [1.29, 1.82) is 0 Å². The molecule has 2 aliphatic rings. The molecule has 1 N–H and O–H groups in total. The first kappa shape index (κ1) is 14.2. The lowest BCUT2D eigenvalue weighted by molar-refractivity contribution is 0.154. The lowest BCUT2D eigenvalue weighted by atomic mass is 9.94. The van der Waals surface area contributed by atoms with Crippen molar-refractivity contribution in [1.82, 2.24) is 14.6 Å². The Labute approximate surface area is 141 Å². The highest BCUT2D eigenvalue weighted by Crippen LogP contribution is 2.53. The van der Waals surface area contributed by atoms with E-state index in [0.29, 0.717) is 5.92 Å². The van der Waals surface area contributed by atoms with E-state index in [1.807, 2.05) is 18.3 Å². The Balaban J connectivity index is 1.63. The van der Waals surface area contributed by atoms with Crippen molar-refractivity contribution in [3.8, 4) is 0 Å². The summed E-state index contributed by atoms with van der Waals surface area (Å²) in [5, 5.41) is 19.6. The second kappa shape index (κ2) is 4.90. The molecule has 5 rings (SSSR count). The Bertz CT molecular complexity index is 904. The van der Waals surface area contributed by atoms with E-state index in [1.54, 1.807) is 0 Å². The quantitative estimate of drug-likeness (QED) is 0.800. The SMILES string of the molecule is Cc1ccc(C2(c3nnc4c(C(O)C5CC5)cccn34)CC2)cc1. The van der Waals surface area contributed by atoms with Crippen molar-refractivity contribution in [2.24, 2.45) is 5.92 Å². The summed E-state index contributed by atoms with van der Waals surface area (Å²) >= 11 is 0. The van der Waals surface area contributed by atoms with Gasteiger partial charge in [-0.15, -0.1) is 10.2 Å². The minimum atomic E-state index is -0.416. The number of hydrogen-bond acceptors (Lipinski definition) is 3. The van der Waals surface area contributed by atoms with Gasteiger partial charge in [0.15, 0.2) is 5.65 Å². The van der Waals surface area contributed by atoms with Crippen LogP contribution in [0.4, 0.5) is 0 Å². The number of aryl methyl sites for hydroxylation is 1. The van der Waals surface area contributed by atoms with E-state index in [0.717, 1.165) is 42.7 Å². The Morgan fingerprint density at radius 2 is 1.88 bits per heavy atom. The second-order valence-electron chi connectivity index (χ2n) is 7.41. The standard InChI is InChI=1S/C20H21N3O/c1-13-4-8-15(9-5-13)20(10-11-20)19-22-21-18-16(3-2-12-23(18)19)17(24)14-6-7-14/h2-5,8-9,12,14,17,24H,6-7,10-11H2,1H3. The van der Waals surface area contributed by atoms with Crippen molar-refractivity contribution in [2.45, 2.75) is 44.1 Å². The number of aliphatic hydroxyl groups excluding tert-OH is 1. The average molecular weight is 319 g/mol. The molecule has 0 amide bonds. The molecule has 0 saturated heterocycles. The fourth-order valence-corrected chi connectivity index (χ4v) is 3.80. The number of aromatic nitrogens is 3. The molecule has 0 spiro atoms. The molecule has 4 heteroatoms. The summed E-state index contributed by atoms with van der Waals surface area (Å²) in [6.07, 6.45) is 6.04. The van der Waals surface area contributed by atoms with Gasteiger partial charge >= 0.3 is 0 Å². The minimum absolute atomic E-state index is 0.0176. The lowest BCUT2D eigenvalue weighted by Crippen LogP contribution is -2.14. The van der Waals surface area contributed by atoms with Gasteiger partial charge in [-0.3, -0.25) is 4.40 Å². The van der Waals surface area contributed by atoms with Gasteiger partial charge in [-0.05, 0) is 50.2 Å². The van der Waals surface area contributed by atoms with Crippen LogP contribution < -0.4 is 0 Å². The van der Waals surface area contributed by atoms with Crippen LogP contribution in [-0.2, 0) is 5.41 Å². The van der Waals surface area contributed by atoms with Crippen molar-refractivity contribution in [3.63, 3.8) is 0 Å². The Morgan fingerprint density at radius 3 is 2.54 bits per heavy atom. The smallest absolute Gasteiger partial charge is 0.166 e. The fourth-order valence-electron chi connectivity index (χ4n) is 3.80. The Kier molecular flexibility index (Phi) is 2.89. The molecule has 2 heterocycles. The molecule has 122 valence electrons. The summed E-state index contributed by atoms with van der Waals surface area (Å²) in [6, 6.07) is 12.8. The van der Waals surface area contributed by atoms with E-state index < -0.39 is 6.10 Å². The van der Waals surface area contributed by atoms with Crippen LogP contribution in [0.25, 0.3) is 5.65 Å². The van der Waals surface area contributed by atoms with Crippen molar-refractivity contribution in [2.75, 3.05) is 0 Å². The van der Waals surface area contributed by atoms with Crippen LogP contribution in [0, 0.1) is 12.8 Å². The molecule has 0 radical (unpaired) electrons. The third-order valence-corrected chi connectivity index (χ3v) is 5.63. The first-order valence-corrected chi connectivity index (χ1v) is 8.78. The second-order valence-corrected chi connectivity index (χ2v) is 7.41. The van der Waals surface area contributed by atoms with Crippen LogP contribution in [0.15, 0.2) is 42.6 Å². The highest BCUT2D eigenvalue weighted by Gasteiger charge is 2.49. The first-order chi connectivity index (χ1) is 11.7. The number of rotatable bonds is 4. The summed E-state index contributed by atoms with van der Waals surface area (Å²) in [5.74, 6) is 1.40. The molecule has 2 aromatic heterocycles. The third kappa shape index (κ3) is 2.02. The molecule has 1 unspecified atom stereocenters. The van der Waals surface area contributed by atoms with E-state index in [-0.39, 0.29) is 5.41 Å². The predicted molar refractivity (Wildman–Crippen MR) is 91.9 cm³/mol. The van der Waals surface area contributed by atoms with E-state index in [1.165, 1.54) is 11.1 Å². The molecule has 24 heavy (non-hydrogen) atoms. The summed E-state index contributed by atoms with van der Waals surface area (Å²) in [6.45, 7) is 2.11. The van der Waals surface area contributed by atoms with E-state index >= 15 is 0 Å². The lowest BCUT2D eigenvalue weighted by Gasteiger charge is -2.15. The molecule has 1 atom stereocenters. The maximum absolute atomic E-state index is 10.6. The number of nitrogens with zero attached hydrogens (tertiary/aromatic N) is 3. The Hall–Kier alpha value is -2.20. The molecular formula is C20H21N3O. The van der Waals surface area contributed by atoms with Gasteiger partial charge < -0.3 is 5.11 Å². The predicted octanol–water partition coefficient (Wildman–Crippen LogP) is 3.56. The maximum atomic E-state index is 10.6. The van der Waals surface area contributed by atoms with Gasteiger partial charge in [-0.2, -0.15) is 0 Å². The summed E-state index contributed by atoms with van der Waals surface area (Å²) in [5.41, 5.74) is 4.30. The molecule has 4 nitrogen and oxygen atoms in total. The van der Waals surface area contributed by atoms with Crippen LogP contribution >= 0.6 is 0 Å². The zero-order valence-electron chi connectivity index (χ0n) is 13.8. The van der Waals surface area contributed by atoms with Crippen molar-refractivity contribution >= 4 is 5.65 Å². The van der Waals surface area contributed by atoms with Gasteiger partial charge in [-0.25, -0.2) is 0 Å². The van der Waals surface area contributed by atoms with Crippen LogP contribution in [0.3, 0.4) is 0 Å². The van der Waals surface area contributed by atoms with Gasteiger partial charge in [0.1, 0.15) is 5.82 Å². The van der Waals surface area contributed by atoms with Gasteiger partial charge in [0.2, 0.25) is 0 Å². The molecule has 3 aromatic rings.